The van der Waals surface area contributed by atoms with Gasteiger partial charge in [0, 0.05) is 44.0 Å². The molecule has 3 unspecified atom stereocenters. The van der Waals surface area contributed by atoms with Crippen LogP contribution in [0.3, 0.4) is 0 Å². The second-order valence-electron chi connectivity index (χ2n) is 7.02. The zero-order chi connectivity index (χ0) is 19.5. The molecule has 27 heavy (non-hydrogen) atoms. The van der Waals surface area contributed by atoms with E-state index in [1.54, 1.807) is 7.11 Å². The molecule has 2 rings (SSSR count). The van der Waals surface area contributed by atoms with Crippen LogP contribution in [0, 0.1) is 0 Å². The summed E-state index contributed by atoms with van der Waals surface area (Å²) in [6.07, 6.45) is 5.65. The van der Waals surface area contributed by atoms with E-state index < -0.39 is 0 Å². The Kier molecular flexibility index (Phi) is 9.75. The molecule has 2 amide bonds. The van der Waals surface area contributed by atoms with Gasteiger partial charge < -0.3 is 26.4 Å². The van der Waals surface area contributed by atoms with Gasteiger partial charge in [0.05, 0.1) is 18.7 Å². The average molecular weight is 400 g/mol. The van der Waals surface area contributed by atoms with Crippen molar-refractivity contribution in [2.24, 2.45) is 10.7 Å². The van der Waals surface area contributed by atoms with Gasteiger partial charge in [-0.25, -0.2) is 4.99 Å². The molecule has 8 nitrogen and oxygen atoms in total. The van der Waals surface area contributed by atoms with Crippen LogP contribution in [-0.4, -0.2) is 67.7 Å². The van der Waals surface area contributed by atoms with E-state index in [0.29, 0.717) is 55.8 Å². The van der Waals surface area contributed by atoms with Crippen LogP contribution in [0.25, 0.3) is 0 Å². The monoisotopic (exact) mass is 399 g/mol. The highest BCUT2D eigenvalue weighted by Gasteiger charge is 2.39. The van der Waals surface area contributed by atoms with Gasteiger partial charge in [0.15, 0.2) is 5.96 Å². The number of hydrogen-bond acceptors (Lipinski definition) is 7. The number of carbonyl (C=O) groups is 2. The number of guanidine groups is 1. The van der Waals surface area contributed by atoms with Crippen LogP contribution >= 0.6 is 11.8 Å². The van der Waals surface area contributed by atoms with E-state index in [2.05, 4.69) is 20.9 Å². The Hall–Kier alpha value is -1.48. The third kappa shape index (κ3) is 7.96. The molecule has 154 valence electrons. The molecule has 9 heteroatoms. The normalized spacial score (nSPS) is 23.4. The molecule has 2 aliphatic heterocycles. The van der Waals surface area contributed by atoms with Gasteiger partial charge in [-0.15, -0.1) is 0 Å². The summed E-state index contributed by atoms with van der Waals surface area (Å²) in [5.74, 6) is 1.77. The number of carbonyl (C=O) groups excluding carboxylic acids is 2. The van der Waals surface area contributed by atoms with Gasteiger partial charge in [-0.05, 0) is 25.7 Å². The number of methoxy groups -OCH3 is 1. The number of rotatable bonds is 13. The van der Waals surface area contributed by atoms with Gasteiger partial charge in [0.25, 0.3) is 0 Å². The molecule has 1 saturated heterocycles. The van der Waals surface area contributed by atoms with Crippen LogP contribution < -0.4 is 21.7 Å². The minimum absolute atomic E-state index is 0.0361. The van der Waals surface area contributed by atoms with Gasteiger partial charge in [0.2, 0.25) is 11.8 Å². The maximum atomic E-state index is 11.9. The summed E-state index contributed by atoms with van der Waals surface area (Å²) in [6, 6.07) is 0.695. The predicted octanol–water partition coefficient (Wildman–Crippen LogP) is 0.366. The lowest BCUT2D eigenvalue weighted by Crippen LogP contribution is -2.38. The second-order valence-corrected chi connectivity index (χ2v) is 8.30. The Morgan fingerprint density at radius 2 is 1.89 bits per heavy atom. The fourth-order valence-corrected chi connectivity index (χ4v) is 4.88. The summed E-state index contributed by atoms with van der Waals surface area (Å²) in [5, 5.41) is 9.46. The predicted molar refractivity (Wildman–Crippen MR) is 109 cm³/mol. The molecular formula is C18H33N5O3S. The van der Waals surface area contributed by atoms with Crippen molar-refractivity contribution < 1.29 is 14.3 Å². The lowest BCUT2D eigenvalue weighted by atomic mass is 10.0. The number of unbranched alkanes of at least 4 members (excludes halogenated alkanes) is 2. The molecule has 5 N–H and O–H groups in total. The van der Waals surface area contributed by atoms with Gasteiger partial charge in [-0.3, -0.25) is 9.59 Å². The number of nitrogens with two attached hydrogens (primary N) is 1. The molecule has 0 aromatic carbocycles. The van der Waals surface area contributed by atoms with Crippen LogP contribution in [0.15, 0.2) is 4.99 Å². The topological polar surface area (TPSA) is 118 Å². The first-order valence-electron chi connectivity index (χ1n) is 9.84. The van der Waals surface area contributed by atoms with Gasteiger partial charge in [-0.2, -0.15) is 11.8 Å². The molecule has 1 fully saturated rings. The molecule has 0 spiro atoms. The van der Waals surface area contributed by atoms with Crippen LogP contribution in [0.1, 0.15) is 44.9 Å². The number of nitrogens with one attached hydrogen (secondary N) is 3. The fraction of sp³-hybridized carbons (Fsp3) is 0.833. The SMILES string of the molecule is COCCNC(=O)CCCCNC(=O)CCCCC1SCC2NC(N)=NC21. The first-order valence-corrected chi connectivity index (χ1v) is 10.9. The number of aliphatic imine (C=N–C) groups is 1. The van der Waals surface area contributed by atoms with Crippen LogP contribution in [0.2, 0.25) is 0 Å². The summed E-state index contributed by atoms with van der Waals surface area (Å²) in [5.41, 5.74) is 5.74. The van der Waals surface area contributed by atoms with E-state index in [0.717, 1.165) is 37.9 Å². The maximum absolute atomic E-state index is 11.9. The molecule has 0 aliphatic carbocycles. The Bertz CT molecular complexity index is 517. The van der Waals surface area contributed by atoms with Gasteiger partial charge in [-0.1, -0.05) is 6.42 Å². The fourth-order valence-electron chi connectivity index (χ4n) is 3.36. The summed E-state index contributed by atoms with van der Waals surface area (Å²) in [6.45, 7) is 1.70. The van der Waals surface area contributed by atoms with E-state index in [9.17, 15) is 9.59 Å². The van der Waals surface area contributed by atoms with Crippen molar-refractivity contribution in [3.63, 3.8) is 0 Å². The Morgan fingerprint density at radius 3 is 2.63 bits per heavy atom. The van der Waals surface area contributed by atoms with Crippen LogP contribution in [-0.2, 0) is 14.3 Å². The Morgan fingerprint density at radius 1 is 1.19 bits per heavy atom. The molecule has 3 atom stereocenters. The van der Waals surface area contributed by atoms with Crippen molar-refractivity contribution in [3.8, 4) is 0 Å². The molecule has 0 saturated carbocycles. The standard InChI is InChI=1S/C18H33N5O3S/c1-26-11-10-21-16(25)8-4-5-9-20-15(24)7-3-2-6-14-17-13(12-27-14)22-18(19)23-17/h13-14,17H,2-12H2,1H3,(H,20,24)(H,21,25)(H3,19,22,23). The van der Waals surface area contributed by atoms with Crippen molar-refractivity contribution in [1.82, 2.24) is 16.0 Å². The third-order valence-corrected chi connectivity index (χ3v) is 6.32. The number of fused-ring (bicyclic) bond motifs is 1. The average Bonchev–Trinajstić information content (AvgIpc) is 3.18. The second kappa shape index (κ2) is 12.1. The van der Waals surface area contributed by atoms with Crippen LogP contribution in [0.4, 0.5) is 0 Å². The smallest absolute Gasteiger partial charge is 0.220 e. The van der Waals surface area contributed by atoms with E-state index in [-0.39, 0.29) is 11.8 Å². The Balaban J connectivity index is 1.42. The zero-order valence-electron chi connectivity index (χ0n) is 16.2. The van der Waals surface area contributed by atoms with Crippen molar-refractivity contribution in [2.75, 3.05) is 32.6 Å². The van der Waals surface area contributed by atoms with Gasteiger partial charge >= 0.3 is 0 Å². The highest BCUT2D eigenvalue weighted by molar-refractivity contribution is 8.00. The first kappa shape index (κ1) is 21.8. The summed E-state index contributed by atoms with van der Waals surface area (Å²) in [4.78, 5) is 27.9. The van der Waals surface area contributed by atoms with Crippen molar-refractivity contribution >= 4 is 29.5 Å². The Labute approximate surface area is 165 Å². The third-order valence-electron chi connectivity index (χ3n) is 4.83. The lowest BCUT2D eigenvalue weighted by Gasteiger charge is -2.14. The largest absolute Gasteiger partial charge is 0.383 e. The number of thioether (sulfide) groups is 1. The summed E-state index contributed by atoms with van der Waals surface area (Å²) >= 11 is 1.96. The highest BCUT2D eigenvalue weighted by Crippen LogP contribution is 2.35. The van der Waals surface area contributed by atoms with Gasteiger partial charge in [0.1, 0.15) is 0 Å². The van der Waals surface area contributed by atoms with E-state index in [1.165, 1.54) is 0 Å². The minimum Gasteiger partial charge on any atom is -0.383 e. The molecule has 2 aliphatic rings. The molecule has 0 bridgehead atoms. The molecule has 0 aromatic heterocycles. The summed E-state index contributed by atoms with van der Waals surface area (Å²) in [7, 11) is 1.61. The number of ether oxygens (including phenoxy) is 1. The molecule has 0 aromatic rings. The molecule has 0 radical (unpaired) electrons. The zero-order valence-corrected chi connectivity index (χ0v) is 17.0. The quantitative estimate of drug-likeness (QED) is 0.332. The molecule has 2 heterocycles. The molecular weight excluding hydrogens is 366 g/mol. The highest BCUT2D eigenvalue weighted by atomic mass is 32.2. The van der Waals surface area contributed by atoms with Crippen molar-refractivity contribution in [2.45, 2.75) is 62.3 Å². The minimum atomic E-state index is 0.0361. The number of nitrogens with zero attached hydrogens (tertiary/aromatic N) is 1. The van der Waals surface area contributed by atoms with E-state index in [4.69, 9.17) is 10.5 Å². The van der Waals surface area contributed by atoms with Crippen molar-refractivity contribution in [1.29, 1.82) is 0 Å². The number of hydrogen-bond donors (Lipinski definition) is 4. The van der Waals surface area contributed by atoms with Crippen molar-refractivity contribution in [3.05, 3.63) is 0 Å². The maximum Gasteiger partial charge on any atom is 0.220 e. The van der Waals surface area contributed by atoms with Crippen LogP contribution in [0.5, 0.6) is 0 Å². The van der Waals surface area contributed by atoms with E-state index in [1.807, 2.05) is 11.8 Å². The van der Waals surface area contributed by atoms with E-state index >= 15 is 0 Å². The number of amides is 2. The lowest BCUT2D eigenvalue weighted by molar-refractivity contribution is -0.121. The summed E-state index contributed by atoms with van der Waals surface area (Å²) < 4.78 is 4.88. The first-order chi connectivity index (χ1) is 13.1.